The highest BCUT2D eigenvalue weighted by atomic mass is 16.3. The number of benzene rings is 1. The Balaban J connectivity index is 0.000000574. The highest BCUT2D eigenvalue weighted by molar-refractivity contribution is 6.02. The molecule has 1 N–H and O–H groups in total. The molecule has 0 aliphatic carbocycles. The molecule has 4 nitrogen and oxygen atoms in total. The molecule has 2 aromatic heterocycles. The number of aromatic amines is 1. The number of furan rings is 1. The van der Waals surface area contributed by atoms with Crippen molar-refractivity contribution in [3.8, 4) is 0 Å². The molecule has 0 aliphatic heterocycles. The molecular formula is C14H16N2O2. The zero-order chi connectivity index (χ0) is 13.3. The first kappa shape index (κ1) is 12.4. The van der Waals surface area contributed by atoms with Crippen LogP contribution in [0.2, 0.25) is 0 Å². The van der Waals surface area contributed by atoms with Crippen LogP contribution < -0.4 is 5.56 Å². The molecule has 0 atom stereocenters. The van der Waals surface area contributed by atoms with Crippen molar-refractivity contribution < 1.29 is 4.42 Å². The van der Waals surface area contributed by atoms with Crippen molar-refractivity contribution in [2.24, 2.45) is 0 Å². The molecule has 1 aromatic carbocycles. The van der Waals surface area contributed by atoms with Gasteiger partial charge in [0.25, 0.3) is 5.56 Å². The van der Waals surface area contributed by atoms with Crippen molar-refractivity contribution in [1.82, 2.24) is 9.97 Å². The van der Waals surface area contributed by atoms with Crippen LogP contribution in [0.4, 0.5) is 0 Å². The maximum absolute atomic E-state index is 11.7. The zero-order valence-corrected chi connectivity index (χ0v) is 11.0. The molecule has 0 fully saturated rings. The predicted molar refractivity (Wildman–Crippen MR) is 73.0 cm³/mol. The molecule has 3 aromatic rings. The Hall–Kier alpha value is -2.10. The summed E-state index contributed by atoms with van der Waals surface area (Å²) in [5.74, 6) is 0.599. The number of fused-ring (bicyclic) bond motifs is 3. The summed E-state index contributed by atoms with van der Waals surface area (Å²) in [6, 6.07) is 5.79. The summed E-state index contributed by atoms with van der Waals surface area (Å²) in [6.45, 7) is 7.76. The third kappa shape index (κ3) is 1.90. The van der Waals surface area contributed by atoms with Crippen LogP contribution in [0.3, 0.4) is 0 Å². The van der Waals surface area contributed by atoms with E-state index in [1.165, 1.54) is 0 Å². The minimum Gasteiger partial charge on any atom is -0.449 e. The molecule has 0 spiro atoms. The average molecular weight is 244 g/mol. The number of hydrogen-bond acceptors (Lipinski definition) is 3. The summed E-state index contributed by atoms with van der Waals surface area (Å²) in [7, 11) is 0. The summed E-state index contributed by atoms with van der Waals surface area (Å²) in [4.78, 5) is 18.6. The van der Waals surface area contributed by atoms with Gasteiger partial charge in [0.15, 0.2) is 0 Å². The minimum atomic E-state index is -0.226. The number of nitrogens with zero attached hydrogens (tertiary/aromatic N) is 1. The fraction of sp³-hybridized carbons (Fsp3) is 0.286. The van der Waals surface area contributed by atoms with E-state index in [1.54, 1.807) is 6.92 Å². The van der Waals surface area contributed by atoms with Crippen LogP contribution in [0, 0.1) is 13.8 Å². The third-order valence-corrected chi connectivity index (χ3v) is 2.60. The molecule has 0 saturated carbocycles. The van der Waals surface area contributed by atoms with Gasteiger partial charge < -0.3 is 9.40 Å². The lowest BCUT2D eigenvalue weighted by molar-refractivity contribution is 0.660. The van der Waals surface area contributed by atoms with E-state index in [9.17, 15) is 4.79 Å². The van der Waals surface area contributed by atoms with Gasteiger partial charge >= 0.3 is 0 Å². The second-order valence-electron chi connectivity index (χ2n) is 3.93. The number of rotatable bonds is 0. The smallest absolute Gasteiger partial charge is 0.294 e. The Morgan fingerprint density at radius 3 is 2.67 bits per heavy atom. The van der Waals surface area contributed by atoms with Crippen LogP contribution in [0.5, 0.6) is 0 Å². The first-order chi connectivity index (χ1) is 8.65. The summed E-state index contributed by atoms with van der Waals surface area (Å²) in [5.41, 5.74) is 2.53. The van der Waals surface area contributed by atoms with E-state index in [4.69, 9.17) is 4.42 Å². The van der Waals surface area contributed by atoms with Gasteiger partial charge in [-0.2, -0.15) is 0 Å². The SMILES string of the molecule is CC.Cc1ccc2oc3c(=O)[nH]c(C)nc3c2c1. The quantitative estimate of drug-likeness (QED) is 0.660. The highest BCUT2D eigenvalue weighted by Crippen LogP contribution is 2.25. The summed E-state index contributed by atoms with van der Waals surface area (Å²) in [6.07, 6.45) is 0. The van der Waals surface area contributed by atoms with E-state index in [1.807, 2.05) is 39.0 Å². The van der Waals surface area contributed by atoms with Gasteiger partial charge in [-0.15, -0.1) is 0 Å². The molecule has 2 heterocycles. The van der Waals surface area contributed by atoms with Crippen LogP contribution in [-0.2, 0) is 0 Å². The molecule has 0 amide bonds. The van der Waals surface area contributed by atoms with Gasteiger partial charge in [-0.1, -0.05) is 25.5 Å². The van der Waals surface area contributed by atoms with Crippen molar-refractivity contribution in [3.63, 3.8) is 0 Å². The monoisotopic (exact) mass is 244 g/mol. The van der Waals surface area contributed by atoms with Gasteiger partial charge in [0.05, 0.1) is 0 Å². The first-order valence-corrected chi connectivity index (χ1v) is 6.05. The molecular weight excluding hydrogens is 228 g/mol. The van der Waals surface area contributed by atoms with E-state index in [-0.39, 0.29) is 5.56 Å². The van der Waals surface area contributed by atoms with E-state index in [0.29, 0.717) is 22.5 Å². The topological polar surface area (TPSA) is 58.9 Å². The Kier molecular flexibility index (Phi) is 3.19. The normalized spacial score (nSPS) is 10.4. The van der Waals surface area contributed by atoms with Crippen LogP contribution in [0.25, 0.3) is 22.1 Å². The van der Waals surface area contributed by atoms with Crippen LogP contribution >= 0.6 is 0 Å². The Labute approximate surface area is 105 Å². The lowest BCUT2D eigenvalue weighted by atomic mass is 10.2. The van der Waals surface area contributed by atoms with Crippen LogP contribution in [-0.4, -0.2) is 9.97 Å². The largest absolute Gasteiger partial charge is 0.449 e. The van der Waals surface area contributed by atoms with Crippen molar-refractivity contribution >= 4 is 22.1 Å². The van der Waals surface area contributed by atoms with E-state index in [2.05, 4.69) is 9.97 Å². The molecule has 18 heavy (non-hydrogen) atoms. The number of aromatic nitrogens is 2. The first-order valence-electron chi connectivity index (χ1n) is 6.05. The Morgan fingerprint density at radius 1 is 1.22 bits per heavy atom. The summed E-state index contributed by atoms with van der Waals surface area (Å²) < 4.78 is 5.49. The molecule has 0 saturated heterocycles. The van der Waals surface area contributed by atoms with E-state index < -0.39 is 0 Å². The van der Waals surface area contributed by atoms with Gasteiger partial charge in [0, 0.05) is 5.39 Å². The number of H-pyrrole nitrogens is 1. The van der Waals surface area contributed by atoms with Gasteiger partial charge in [-0.05, 0) is 26.0 Å². The minimum absolute atomic E-state index is 0.226. The van der Waals surface area contributed by atoms with Gasteiger partial charge in [-0.3, -0.25) is 4.79 Å². The fourth-order valence-electron chi connectivity index (χ4n) is 1.88. The zero-order valence-electron chi connectivity index (χ0n) is 11.0. The number of aryl methyl sites for hydroxylation is 2. The van der Waals surface area contributed by atoms with Crippen molar-refractivity contribution in [2.75, 3.05) is 0 Å². The summed E-state index contributed by atoms with van der Waals surface area (Å²) >= 11 is 0. The van der Waals surface area contributed by atoms with Crippen LogP contribution in [0.1, 0.15) is 25.2 Å². The second-order valence-corrected chi connectivity index (χ2v) is 3.93. The third-order valence-electron chi connectivity index (χ3n) is 2.60. The molecule has 4 heteroatoms. The van der Waals surface area contributed by atoms with Crippen molar-refractivity contribution in [1.29, 1.82) is 0 Å². The highest BCUT2D eigenvalue weighted by Gasteiger charge is 2.11. The summed E-state index contributed by atoms with van der Waals surface area (Å²) in [5, 5.41) is 0.893. The second kappa shape index (κ2) is 4.64. The standard InChI is InChI=1S/C12H10N2O2.C2H6/c1-6-3-4-9-8(5-6)10-11(16-9)12(15)14-7(2)13-10;1-2/h3-5H,1-2H3,(H,13,14,15);1-2H3. The lowest BCUT2D eigenvalue weighted by Gasteiger charge is -1.92. The Bertz CT molecular complexity index is 753. The molecule has 94 valence electrons. The lowest BCUT2D eigenvalue weighted by Crippen LogP contribution is -2.07. The van der Waals surface area contributed by atoms with Crippen LogP contribution in [0.15, 0.2) is 27.4 Å². The fourth-order valence-corrected chi connectivity index (χ4v) is 1.88. The number of nitrogens with one attached hydrogen (secondary N) is 1. The molecule has 0 radical (unpaired) electrons. The predicted octanol–water partition coefficient (Wildman–Crippen LogP) is 3.31. The van der Waals surface area contributed by atoms with Crippen molar-refractivity contribution in [2.45, 2.75) is 27.7 Å². The maximum atomic E-state index is 11.7. The molecule has 0 unspecified atom stereocenters. The maximum Gasteiger partial charge on any atom is 0.294 e. The average Bonchev–Trinajstić information content (AvgIpc) is 2.70. The molecule has 3 rings (SSSR count). The number of hydrogen-bond donors (Lipinski definition) is 1. The van der Waals surface area contributed by atoms with E-state index >= 15 is 0 Å². The van der Waals surface area contributed by atoms with Gasteiger partial charge in [0.1, 0.15) is 16.9 Å². The van der Waals surface area contributed by atoms with Crippen molar-refractivity contribution in [3.05, 3.63) is 39.9 Å². The van der Waals surface area contributed by atoms with Gasteiger partial charge in [0.2, 0.25) is 5.58 Å². The van der Waals surface area contributed by atoms with Gasteiger partial charge in [-0.25, -0.2) is 4.98 Å². The Morgan fingerprint density at radius 2 is 1.94 bits per heavy atom. The van der Waals surface area contributed by atoms with E-state index in [0.717, 1.165) is 10.9 Å². The molecule has 0 aliphatic rings. The molecule has 0 bridgehead atoms.